The second kappa shape index (κ2) is 6.04. The fourth-order valence-electron chi connectivity index (χ4n) is 1.72. The van der Waals surface area contributed by atoms with Crippen molar-refractivity contribution in [2.75, 3.05) is 11.9 Å². The number of nitro benzene ring substituents is 1. The van der Waals surface area contributed by atoms with Crippen molar-refractivity contribution in [1.82, 2.24) is 10.2 Å². The second-order valence-corrected chi connectivity index (χ2v) is 4.40. The number of amides is 1. The molecule has 0 fully saturated rings. The van der Waals surface area contributed by atoms with Gasteiger partial charge in [-0.15, -0.1) is 0 Å². The second-order valence-electron chi connectivity index (χ2n) is 4.40. The Morgan fingerprint density at radius 1 is 1.38 bits per heavy atom. The van der Waals surface area contributed by atoms with E-state index in [1.54, 1.807) is 13.8 Å². The molecule has 0 aliphatic rings. The zero-order valence-electron chi connectivity index (χ0n) is 11.5. The lowest BCUT2D eigenvalue weighted by Crippen LogP contribution is -2.20. The first kappa shape index (κ1) is 14.5. The van der Waals surface area contributed by atoms with Gasteiger partial charge in [0.2, 0.25) is 0 Å². The van der Waals surface area contributed by atoms with Gasteiger partial charge in [-0.1, -0.05) is 0 Å². The number of aryl methyl sites for hydroxylation is 2. The SMILES string of the molecule is Cc1n[nH]c(C)c1NC(=O)COc1ccc([N+](=O)[O-])cc1. The van der Waals surface area contributed by atoms with Crippen LogP contribution in [0.25, 0.3) is 0 Å². The van der Waals surface area contributed by atoms with E-state index in [-0.39, 0.29) is 18.2 Å². The number of carbonyl (C=O) groups is 1. The summed E-state index contributed by atoms with van der Waals surface area (Å²) >= 11 is 0. The number of H-pyrrole nitrogens is 1. The molecule has 0 saturated heterocycles. The van der Waals surface area contributed by atoms with Crippen LogP contribution < -0.4 is 10.1 Å². The number of benzene rings is 1. The van der Waals surface area contributed by atoms with E-state index >= 15 is 0 Å². The fourth-order valence-corrected chi connectivity index (χ4v) is 1.72. The van der Waals surface area contributed by atoms with Crippen LogP contribution in [0, 0.1) is 24.0 Å². The molecule has 0 unspecified atom stereocenters. The minimum absolute atomic E-state index is 0.0311. The lowest BCUT2D eigenvalue weighted by Gasteiger charge is -2.07. The number of non-ortho nitro benzene ring substituents is 1. The molecule has 1 aromatic carbocycles. The first-order valence-electron chi connectivity index (χ1n) is 6.16. The molecule has 2 aromatic rings. The smallest absolute Gasteiger partial charge is 0.269 e. The standard InChI is InChI=1S/C13H14N4O4/c1-8-13(9(2)16-15-8)14-12(18)7-21-11-5-3-10(4-6-11)17(19)20/h3-6H,7H2,1-2H3,(H,14,18)(H,15,16). The molecule has 1 aromatic heterocycles. The van der Waals surface area contributed by atoms with Crippen molar-refractivity contribution in [3.05, 3.63) is 45.8 Å². The number of anilines is 1. The van der Waals surface area contributed by atoms with Crippen LogP contribution in [0.5, 0.6) is 5.75 Å². The molecule has 0 radical (unpaired) electrons. The maximum absolute atomic E-state index is 11.8. The van der Waals surface area contributed by atoms with E-state index in [9.17, 15) is 14.9 Å². The third-order valence-corrected chi connectivity index (χ3v) is 2.81. The van der Waals surface area contributed by atoms with Crippen molar-refractivity contribution in [1.29, 1.82) is 0 Å². The molecule has 0 aliphatic heterocycles. The van der Waals surface area contributed by atoms with E-state index in [1.165, 1.54) is 24.3 Å². The Morgan fingerprint density at radius 3 is 2.57 bits per heavy atom. The summed E-state index contributed by atoms with van der Waals surface area (Å²) in [6.07, 6.45) is 0. The number of nitrogens with one attached hydrogen (secondary N) is 2. The van der Waals surface area contributed by atoms with Gasteiger partial charge in [0.25, 0.3) is 11.6 Å². The number of nitro groups is 1. The fraction of sp³-hybridized carbons (Fsp3) is 0.231. The summed E-state index contributed by atoms with van der Waals surface area (Å²) in [4.78, 5) is 21.8. The van der Waals surface area contributed by atoms with Crippen molar-refractivity contribution >= 4 is 17.3 Å². The molecule has 110 valence electrons. The van der Waals surface area contributed by atoms with Gasteiger partial charge in [-0.2, -0.15) is 5.10 Å². The van der Waals surface area contributed by atoms with Gasteiger partial charge < -0.3 is 10.1 Å². The van der Waals surface area contributed by atoms with E-state index in [2.05, 4.69) is 15.5 Å². The quantitative estimate of drug-likeness (QED) is 0.646. The predicted molar refractivity (Wildman–Crippen MR) is 75.3 cm³/mol. The van der Waals surface area contributed by atoms with Crippen molar-refractivity contribution in [3.8, 4) is 5.75 Å². The van der Waals surface area contributed by atoms with Crippen LogP contribution in [-0.2, 0) is 4.79 Å². The Kier molecular flexibility index (Phi) is 4.17. The summed E-state index contributed by atoms with van der Waals surface area (Å²) < 4.78 is 5.27. The predicted octanol–water partition coefficient (Wildman–Crippen LogP) is 1.95. The van der Waals surface area contributed by atoms with E-state index < -0.39 is 4.92 Å². The maximum Gasteiger partial charge on any atom is 0.269 e. The summed E-state index contributed by atoms with van der Waals surface area (Å²) in [5.41, 5.74) is 2.05. The number of hydrogen-bond acceptors (Lipinski definition) is 5. The van der Waals surface area contributed by atoms with Gasteiger partial charge >= 0.3 is 0 Å². The molecule has 2 rings (SSSR count). The molecule has 21 heavy (non-hydrogen) atoms. The number of aromatic amines is 1. The Bertz CT molecular complexity index is 644. The van der Waals surface area contributed by atoms with E-state index in [0.717, 1.165) is 5.69 Å². The third kappa shape index (κ3) is 3.56. The minimum atomic E-state index is -0.499. The van der Waals surface area contributed by atoms with Gasteiger partial charge in [0, 0.05) is 12.1 Å². The topological polar surface area (TPSA) is 110 Å². The zero-order valence-corrected chi connectivity index (χ0v) is 11.5. The van der Waals surface area contributed by atoms with Crippen molar-refractivity contribution < 1.29 is 14.5 Å². The monoisotopic (exact) mass is 290 g/mol. The lowest BCUT2D eigenvalue weighted by atomic mass is 10.3. The molecular weight excluding hydrogens is 276 g/mol. The summed E-state index contributed by atoms with van der Waals surface area (Å²) in [5.74, 6) is 0.0531. The molecule has 0 saturated carbocycles. The molecular formula is C13H14N4O4. The average molecular weight is 290 g/mol. The number of ether oxygens (including phenoxy) is 1. The molecule has 0 atom stereocenters. The van der Waals surface area contributed by atoms with Crippen LogP contribution in [0.1, 0.15) is 11.4 Å². The summed E-state index contributed by atoms with van der Waals surface area (Å²) in [7, 11) is 0. The van der Waals surface area contributed by atoms with Crippen molar-refractivity contribution in [2.45, 2.75) is 13.8 Å². The van der Waals surface area contributed by atoms with E-state index in [0.29, 0.717) is 17.1 Å². The lowest BCUT2D eigenvalue weighted by molar-refractivity contribution is -0.384. The highest BCUT2D eigenvalue weighted by molar-refractivity contribution is 5.92. The van der Waals surface area contributed by atoms with Gasteiger partial charge in [-0.05, 0) is 26.0 Å². The number of rotatable bonds is 5. The van der Waals surface area contributed by atoms with Gasteiger partial charge in [0.1, 0.15) is 5.75 Å². The molecule has 8 nitrogen and oxygen atoms in total. The van der Waals surface area contributed by atoms with Crippen molar-refractivity contribution in [2.24, 2.45) is 0 Å². The first-order chi connectivity index (χ1) is 9.97. The van der Waals surface area contributed by atoms with Crippen molar-refractivity contribution in [3.63, 3.8) is 0 Å². The van der Waals surface area contributed by atoms with Gasteiger partial charge in [-0.25, -0.2) is 0 Å². The van der Waals surface area contributed by atoms with Crippen LogP contribution in [-0.4, -0.2) is 27.6 Å². The largest absolute Gasteiger partial charge is 0.484 e. The van der Waals surface area contributed by atoms with Crippen LogP contribution >= 0.6 is 0 Å². The van der Waals surface area contributed by atoms with Crippen LogP contribution in [0.2, 0.25) is 0 Å². The highest BCUT2D eigenvalue weighted by Gasteiger charge is 2.11. The van der Waals surface area contributed by atoms with E-state index in [4.69, 9.17) is 4.74 Å². The molecule has 1 heterocycles. The maximum atomic E-state index is 11.8. The number of aromatic nitrogens is 2. The third-order valence-electron chi connectivity index (χ3n) is 2.81. The van der Waals surface area contributed by atoms with Gasteiger partial charge in [-0.3, -0.25) is 20.0 Å². The zero-order chi connectivity index (χ0) is 15.4. The number of hydrogen-bond donors (Lipinski definition) is 2. The average Bonchev–Trinajstić information content (AvgIpc) is 2.77. The first-order valence-corrected chi connectivity index (χ1v) is 6.16. The highest BCUT2D eigenvalue weighted by Crippen LogP contribution is 2.18. The Balaban J connectivity index is 1.91. The summed E-state index contributed by atoms with van der Waals surface area (Å²) in [6, 6.07) is 5.52. The number of carbonyl (C=O) groups excluding carboxylic acids is 1. The minimum Gasteiger partial charge on any atom is -0.484 e. The Hall–Kier alpha value is -2.90. The Morgan fingerprint density at radius 2 is 2.05 bits per heavy atom. The van der Waals surface area contributed by atoms with E-state index in [1.807, 2.05) is 0 Å². The number of nitrogens with zero attached hydrogens (tertiary/aromatic N) is 2. The summed E-state index contributed by atoms with van der Waals surface area (Å²) in [5, 5.41) is 19.9. The Labute approximate surface area is 120 Å². The summed E-state index contributed by atoms with van der Waals surface area (Å²) in [6.45, 7) is 3.38. The molecule has 0 aliphatic carbocycles. The molecule has 0 spiro atoms. The highest BCUT2D eigenvalue weighted by atomic mass is 16.6. The van der Waals surface area contributed by atoms with Crippen LogP contribution in [0.15, 0.2) is 24.3 Å². The molecule has 2 N–H and O–H groups in total. The van der Waals surface area contributed by atoms with Crippen LogP contribution in [0.4, 0.5) is 11.4 Å². The van der Waals surface area contributed by atoms with Gasteiger partial charge in [0.05, 0.1) is 22.0 Å². The van der Waals surface area contributed by atoms with Crippen LogP contribution in [0.3, 0.4) is 0 Å². The normalized spacial score (nSPS) is 10.2. The molecule has 0 bridgehead atoms. The molecule has 1 amide bonds. The van der Waals surface area contributed by atoms with Gasteiger partial charge in [0.15, 0.2) is 6.61 Å². The molecule has 8 heteroatoms.